The molecule has 1 aliphatic carbocycles. The van der Waals surface area contributed by atoms with Gasteiger partial charge in [-0.05, 0) is 12.8 Å². The average Bonchev–Trinajstić information content (AvgIpc) is 2.51. The van der Waals surface area contributed by atoms with Crippen molar-refractivity contribution in [1.29, 1.82) is 0 Å². The summed E-state index contributed by atoms with van der Waals surface area (Å²) in [7, 11) is 3.08. The van der Waals surface area contributed by atoms with Gasteiger partial charge < -0.3 is 9.47 Å². The Labute approximate surface area is 114 Å². The van der Waals surface area contributed by atoms with Gasteiger partial charge >= 0.3 is 0 Å². The van der Waals surface area contributed by atoms with Gasteiger partial charge in [-0.25, -0.2) is 0 Å². The molecule has 0 saturated heterocycles. The van der Waals surface area contributed by atoms with Crippen LogP contribution in [0.15, 0.2) is 30.3 Å². The molecule has 1 saturated carbocycles. The molecule has 1 aliphatic rings. The summed E-state index contributed by atoms with van der Waals surface area (Å²) >= 11 is 0. The van der Waals surface area contributed by atoms with E-state index in [1.165, 1.54) is 20.6 Å². The predicted octanol–water partition coefficient (Wildman–Crippen LogP) is 3.28. The number of ketones is 1. The van der Waals surface area contributed by atoms with Gasteiger partial charge in [0.05, 0.1) is 0 Å². The lowest BCUT2D eigenvalue weighted by molar-refractivity contribution is -0.217. The van der Waals surface area contributed by atoms with Crippen LogP contribution in [-0.4, -0.2) is 20.0 Å². The molecule has 0 bridgehead atoms. The molecule has 0 aliphatic heterocycles. The van der Waals surface area contributed by atoms with Crippen LogP contribution in [0.1, 0.15) is 37.7 Å². The van der Waals surface area contributed by atoms with Gasteiger partial charge in [0.15, 0.2) is 5.78 Å². The maximum atomic E-state index is 12.8. The van der Waals surface area contributed by atoms with E-state index in [1.807, 2.05) is 30.3 Å². The van der Waals surface area contributed by atoms with Gasteiger partial charge in [0.1, 0.15) is 0 Å². The average molecular weight is 262 g/mol. The molecule has 0 amide bonds. The maximum Gasteiger partial charge on any atom is 0.256 e. The molecule has 0 N–H and O–H groups in total. The van der Waals surface area contributed by atoms with Crippen LogP contribution in [0.4, 0.5) is 0 Å². The van der Waals surface area contributed by atoms with Crippen LogP contribution in [0, 0.1) is 5.92 Å². The van der Waals surface area contributed by atoms with Crippen LogP contribution in [0.25, 0.3) is 0 Å². The molecule has 1 fully saturated rings. The summed E-state index contributed by atoms with van der Waals surface area (Å²) in [6, 6.07) is 9.48. The summed E-state index contributed by atoms with van der Waals surface area (Å²) in [5, 5.41) is 0. The third kappa shape index (κ3) is 2.72. The third-order valence-corrected chi connectivity index (χ3v) is 4.03. The number of hydrogen-bond acceptors (Lipinski definition) is 3. The minimum atomic E-state index is -1.25. The Kier molecular flexibility index (Phi) is 4.72. The zero-order valence-corrected chi connectivity index (χ0v) is 11.7. The highest BCUT2D eigenvalue weighted by Gasteiger charge is 2.44. The van der Waals surface area contributed by atoms with E-state index in [-0.39, 0.29) is 11.7 Å². The standard InChI is InChI=1S/C16H22O3/c1-18-16(19-2,14-11-7-4-8-12-14)15(17)13-9-5-3-6-10-13/h4,7-8,11-13H,3,5-6,9-10H2,1-2H3. The number of ether oxygens (including phenoxy) is 2. The highest BCUT2D eigenvalue weighted by Crippen LogP contribution is 2.35. The van der Waals surface area contributed by atoms with E-state index >= 15 is 0 Å². The second-order valence-corrected chi connectivity index (χ2v) is 5.09. The first-order valence-electron chi connectivity index (χ1n) is 6.94. The number of benzene rings is 1. The maximum absolute atomic E-state index is 12.8. The predicted molar refractivity (Wildman–Crippen MR) is 73.7 cm³/mol. The Balaban J connectivity index is 2.30. The smallest absolute Gasteiger partial charge is 0.256 e. The summed E-state index contributed by atoms with van der Waals surface area (Å²) in [5.41, 5.74) is 0.774. The van der Waals surface area contributed by atoms with E-state index in [1.54, 1.807) is 0 Å². The fourth-order valence-electron chi connectivity index (χ4n) is 2.95. The number of rotatable bonds is 5. The molecule has 0 atom stereocenters. The summed E-state index contributed by atoms with van der Waals surface area (Å²) in [6.07, 6.45) is 5.35. The van der Waals surface area contributed by atoms with Crippen molar-refractivity contribution in [3.8, 4) is 0 Å². The number of methoxy groups -OCH3 is 2. The third-order valence-electron chi connectivity index (χ3n) is 4.03. The van der Waals surface area contributed by atoms with Gasteiger partial charge in [-0.3, -0.25) is 4.79 Å². The summed E-state index contributed by atoms with van der Waals surface area (Å²) in [4.78, 5) is 12.8. The number of Topliss-reactive ketones (excluding diaryl/α,β-unsaturated/α-hetero) is 1. The Morgan fingerprint density at radius 3 is 2.16 bits per heavy atom. The first kappa shape index (κ1) is 14.2. The minimum absolute atomic E-state index is 0.0499. The fraction of sp³-hybridized carbons (Fsp3) is 0.562. The van der Waals surface area contributed by atoms with Gasteiger partial charge in [-0.2, -0.15) is 0 Å². The van der Waals surface area contributed by atoms with Crippen molar-refractivity contribution in [1.82, 2.24) is 0 Å². The van der Waals surface area contributed by atoms with Crippen molar-refractivity contribution in [3.05, 3.63) is 35.9 Å². The normalized spacial score (nSPS) is 17.4. The molecule has 3 nitrogen and oxygen atoms in total. The molecule has 104 valence electrons. The van der Waals surface area contributed by atoms with Gasteiger partial charge in [0.2, 0.25) is 0 Å². The second-order valence-electron chi connectivity index (χ2n) is 5.09. The van der Waals surface area contributed by atoms with Gasteiger partial charge in [-0.1, -0.05) is 49.6 Å². The van der Waals surface area contributed by atoms with Crippen LogP contribution in [0.2, 0.25) is 0 Å². The van der Waals surface area contributed by atoms with Crippen LogP contribution in [0.5, 0.6) is 0 Å². The number of hydrogen-bond donors (Lipinski definition) is 0. The van der Waals surface area contributed by atoms with E-state index in [4.69, 9.17) is 9.47 Å². The highest BCUT2D eigenvalue weighted by molar-refractivity contribution is 5.89. The number of carbonyl (C=O) groups excluding carboxylic acids is 1. The molecule has 0 unspecified atom stereocenters. The zero-order valence-electron chi connectivity index (χ0n) is 11.7. The minimum Gasteiger partial charge on any atom is -0.343 e. The van der Waals surface area contributed by atoms with Crippen LogP contribution in [0.3, 0.4) is 0 Å². The largest absolute Gasteiger partial charge is 0.343 e. The molecule has 2 rings (SSSR count). The monoisotopic (exact) mass is 262 g/mol. The zero-order chi connectivity index (χ0) is 13.7. The molecular formula is C16H22O3. The summed E-state index contributed by atoms with van der Waals surface area (Å²) in [6.45, 7) is 0. The molecular weight excluding hydrogens is 240 g/mol. The van der Waals surface area contributed by atoms with Crippen molar-refractivity contribution in [2.24, 2.45) is 5.92 Å². The van der Waals surface area contributed by atoms with E-state index in [0.717, 1.165) is 31.2 Å². The lowest BCUT2D eigenvalue weighted by Gasteiger charge is -2.34. The molecule has 0 radical (unpaired) electrons. The van der Waals surface area contributed by atoms with Crippen molar-refractivity contribution in [3.63, 3.8) is 0 Å². The summed E-state index contributed by atoms with van der Waals surface area (Å²) < 4.78 is 11.0. The first-order chi connectivity index (χ1) is 9.24. The molecule has 0 heterocycles. The van der Waals surface area contributed by atoms with Gasteiger partial charge in [-0.15, -0.1) is 0 Å². The second kappa shape index (κ2) is 6.31. The van der Waals surface area contributed by atoms with Crippen molar-refractivity contribution < 1.29 is 14.3 Å². The Morgan fingerprint density at radius 2 is 1.63 bits per heavy atom. The van der Waals surface area contributed by atoms with Gasteiger partial charge in [0, 0.05) is 25.7 Å². The lowest BCUT2D eigenvalue weighted by Crippen LogP contribution is -2.44. The highest BCUT2D eigenvalue weighted by atomic mass is 16.7. The SMILES string of the molecule is COC(OC)(C(=O)C1CCCCC1)c1ccccc1. The Hall–Kier alpha value is -1.19. The van der Waals surface area contributed by atoms with Gasteiger partial charge in [0.25, 0.3) is 5.79 Å². The van der Waals surface area contributed by atoms with E-state index in [9.17, 15) is 4.79 Å². The van der Waals surface area contributed by atoms with E-state index in [0.29, 0.717) is 0 Å². The van der Waals surface area contributed by atoms with Crippen molar-refractivity contribution in [2.45, 2.75) is 37.9 Å². The van der Waals surface area contributed by atoms with Crippen LogP contribution < -0.4 is 0 Å². The molecule has 1 aromatic carbocycles. The molecule has 1 aromatic rings. The fourth-order valence-corrected chi connectivity index (χ4v) is 2.95. The molecule has 0 aromatic heterocycles. The van der Waals surface area contributed by atoms with E-state index in [2.05, 4.69) is 0 Å². The lowest BCUT2D eigenvalue weighted by atomic mass is 9.81. The van der Waals surface area contributed by atoms with Crippen LogP contribution >= 0.6 is 0 Å². The summed E-state index contributed by atoms with van der Waals surface area (Å²) in [5.74, 6) is -1.14. The molecule has 0 spiro atoms. The Morgan fingerprint density at radius 1 is 1.05 bits per heavy atom. The molecule has 19 heavy (non-hydrogen) atoms. The molecule has 3 heteroatoms. The topological polar surface area (TPSA) is 35.5 Å². The quantitative estimate of drug-likeness (QED) is 0.764. The van der Waals surface area contributed by atoms with Crippen molar-refractivity contribution >= 4 is 5.78 Å². The Bertz CT molecular complexity index is 403. The first-order valence-corrected chi connectivity index (χ1v) is 6.94. The van der Waals surface area contributed by atoms with Crippen LogP contribution in [-0.2, 0) is 20.1 Å². The van der Waals surface area contributed by atoms with E-state index < -0.39 is 5.79 Å². The van der Waals surface area contributed by atoms with Crippen molar-refractivity contribution in [2.75, 3.05) is 14.2 Å². The number of carbonyl (C=O) groups is 1.